The molecule has 2 atom stereocenters. The Bertz CT molecular complexity index is 474. The molecule has 2 heterocycles. The third-order valence-electron chi connectivity index (χ3n) is 3.43. The molecular weight excluding hydrogens is 232 g/mol. The summed E-state index contributed by atoms with van der Waals surface area (Å²) in [4.78, 5) is 25.1. The molecule has 1 aromatic carbocycles. The zero-order valence-electron chi connectivity index (χ0n) is 9.83. The molecule has 3 rings (SSSR count). The lowest BCUT2D eigenvalue weighted by Gasteiger charge is -2.32. The number of nitrogens with zero attached hydrogens (tertiary/aromatic N) is 1. The lowest BCUT2D eigenvalue weighted by Crippen LogP contribution is -2.50. The monoisotopic (exact) mass is 246 g/mol. The van der Waals surface area contributed by atoms with Gasteiger partial charge in [-0.1, -0.05) is 18.2 Å². The van der Waals surface area contributed by atoms with Crippen molar-refractivity contribution < 1.29 is 14.3 Å². The number of piperidine rings is 1. The topological polar surface area (TPSA) is 58.6 Å². The van der Waals surface area contributed by atoms with Crippen LogP contribution in [0.25, 0.3) is 0 Å². The van der Waals surface area contributed by atoms with Gasteiger partial charge in [-0.2, -0.15) is 0 Å². The van der Waals surface area contributed by atoms with Gasteiger partial charge in [-0.3, -0.25) is 4.79 Å². The van der Waals surface area contributed by atoms with Gasteiger partial charge < -0.3 is 15.0 Å². The van der Waals surface area contributed by atoms with Gasteiger partial charge >= 0.3 is 6.09 Å². The lowest BCUT2D eigenvalue weighted by molar-refractivity contribution is 0.0482. The van der Waals surface area contributed by atoms with Crippen molar-refractivity contribution in [3.8, 4) is 0 Å². The molecule has 2 aliphatic rings. The Balaban J connectivity index is 1.71. The number of benzene rings is 1. The number of carbonyl (C=O) groups excluding carboxylic acids is 2. The van der Waals surface area contributed by atoms with E-state index < -0.39 is 0 Å². The van der Waals surface area contributed by atoms with Crippen molar-refractivity contribution in [3.63, 3.8) is 0 Å². The van der Waals surface area contributed by atoms with E-state index in [4.69, 9.17) is 4.74 Å². The number of rotatable bonds is 1. The molecule has 0 spiro atoms. The van der Waals surface area contributed by atoms with Crippen molar-refractivity contribution >= 4 is 12.0 Å². The van der Waals surface area contributed by atoms with Crippen molar-refractivity contribution in [1.82, 2.24) is 10.2 Å². The molecule has 0 bridgehead atoms. The summed E-state index contributed by atoms with van der Waals surface area (Å²) in [5, 5.41) is 2.76. The molecule has 94 valence electrons. The van der Waals surface area contributed by atoms with Gasteiger partial charge in [0, 0.05) is 12.1 Å². The molecule has 0 radical (unpaired) electrons. The maximum atomic E-state index is 12.2. The summed E-state index contributed by atoms with van der Waals surface area (Å²) < 4.78 is 5.14. The molecule has 0 saturated carbocycles. The minimum Gasteiger partial charge on any atom is -0.442 e. The molecule has 2 amide bonds. The Hall–Kier alpha value is -2.04. The number of amides is 2. The van der Waals surface area contributed by atoms with E-state index in [1.54, 1.807) is 17.0 Å². The van der Waals surface area contributed by atoms with Gasteiger partial charge in [-0.05, 0) is 18.6 Å². The lowest BCUT2D eigenvalue weighted by atomic mass is 10.0. The molecule has 18 heavy (non-hydrogen) atoms. The molecule has 1 N–H and O–H groups in total. The second-order valence-corrected chi connectivity index (χ2v) is 4.60. The van der Waals surface area contributed by atoms with Crippen molar-refractivity contribution in [2.75, 3.05) is 13.1 Å². The fourth-order valence-corrected chi connectivity index (χ4v) is 2.47. The first-order chi connectivity index (χ1) is 8.74. The van der Waals surface area contributed by atoms with E-state index in [2.05, 4.69) is 5.32 Å². The summed E-state index contributed by atoms with van der Waals surface area (Å²) in [6.07, 6.45) is 0.160. The van der Waals surface area contributed by atoms with E-state index in [9.17, 15) is 9.59 Å². The minimum atomic E-state index is -0.376. The summed E-state index contributed by atoms with van der Waals surface area (Å²) in [6, 6.07) is 9.22. The van der Waals surface area contributed by atoms with E-state index in [-0.39, 0.29) is 24.1 Å². The van der Waals surface area contributed by atoms with Gasteiger partial charge in [-0.15, -0.1) is 0 Å². The van der Waals surface area contributed by atoms with Crippen LogP contribution in [-0.4, -0.2) is 42.1 Å². The normalized spacial score (nSPS) is 26.2. The van der Waals surface area contributed by atoms with Crippen LogP contribution in [0.1, 0.15) is 16.8 Å². The quantitative estimate of drug-likeness (QED) is 0.804. The van der Waals surface area contributed by atoms with Crippen molar-refractivity contribution in [2.24, 2.45) is 0 Å². The standard InChI is InChI=1S/C13H14N2O3/c16-12(9-4-2-1-3-5-9)15-7-6-10-11(8-15)18-13(17)14-10/h1-5,10-11H,6-8H2,(H,14,17)/t10-,11+/m0/s1. The number of alkyl carbamates (subject to hydrolysis) is 1. The first-order valence-corrected chi connectivity index (χ1v) is 6.05. The molecule has 5 heteroatoms. The van der Waals surface area contributed by atoms with Gasteiger partial charge in [0.1, 0.15) is 6.10 Å². The number of carbonyl (C=O) groups is 2. The summed E-state index contributed by atoms with van der Waals surface area (Å²) in [6.45, 7) is 1.12. The zero-order chi connectivity index (χ0) is 12.5. The predicted molar refractivity (Wildman–Crippen MR) is 64.2 cm³/mol. The smallest absolute Gasteiger partial charge is 0.407 e. The molecule has 2 fully saturated rings. The van der Waals surface area contributed by atoms with Crippen LogP contribution in [0.4, 0.5) is 4.79 Å². The van der Waals surface area contributed by atoms with E-state index in [0.717, 1.165) is 6.42 Å². The van der Waals surface area contributed by atoms with Crippen LogP contribution in [0.5, 0.6) is 0 Å². The highest BCUT2D eigenvalue weighted by molar-refractivity contribution is 5.94. The van der Waals surface area contributed by atoms with Crippen LogP contribution in [0, 0.1) is 0 Å². The average Bonchev–Trinajstić information content (AvgIpc) is 2.78. The van der Waals surface area contributed by atoms with E-state index in [1.807, 2.05) is 18.2 Å². The minimum absolute atomic E-state index is 0.00278. The van der Waals surface area contributed by atoms with E-state index in [1.165, 1.54) is 0 Å². The fraction of sp³-hybridized carbons (Fsp3) is 0.385. The van der Waals surface area contributed by atoms with Crippen LogP contribution < -0.4 is 5.32 Å². The van der Waals surface area contributed by atoms with Crippen molar-refractivity contribution in [3.05, 3.63) is 35.9 Å². The maximum absolute atomic E-state index is 12.2. The number of fused-ring (bicyclic) bond motifs is 1. The largest absolute Gasteiger partial charge is 0.442 e. The predicted octanol–water partition coefficient (Wildman–Crippen LogP) is 1.01. The van der Waals surface area contributed by atoms with Gasteiger partial charge in [-0.25, -0.2) is 4.79 Å². The number of ether oxygens (including phenoxy) is 1. The van der Waals surface area contributed by atoms with Crippen molar-refractivity contribution in [1.29, 1.82) is 0 Å². The number of nitrogens with one attached hydrogen (secondary N) is 1. The first-order valence-electron chi connectivity index (χ1n) is 6.05. The van der Waals surface area contributed by atoms with Crippen LogP contribution in [0.2, 0.25) is 0 Å². The third-order valence-corrected chi connectivity index (χ3v) is 3.43. The highest BCUT2D eigenvalue weighted by Gasteiger charge is 2.39. The summed E-state index contributed by atoms with van der Waals surface area (Å²) in [7, 11) is 0. The van der Waals surface area contributed by atoms with Crippen LogP contribution >= 0.6 is 0 Å². The Morgan fingerprint density at radius 3 is 2.89 bits per heavy atom. The van der Waals surface area contributed by atoms with Gasteiger partial charge in [0.25, 0.3) is 5.91 Å². The molecule has 0 aromatic heterocycles. The van der Waals surface area contributed by atoms with Crippen LogP contribution in [0.15, 0.2) is 30.3 Å². The highest BCUT2D eigenvalue weighted by atomic mass is 16.6. The van der Waals surface area contributed by atoms with Gasteiger partial charge in [0.2, 0.25) is 0 Å². The van der Waals surface area contributed by atoms with Gasteiger partial charge in [0.15, 0.2) is 0 Å². The molecule has 2 saturated heterocycles. The zero-order valence-corrected chi connectivity index (χ0v) is 9.83. The fourth-order valence-electron chi connectivity index (χ4n) is 2.47. The Morgan fingerprint density at radius 2 is 2.11 bits per heavy atom. The molecule has 2 aliphatic heterocycles. The van der Waals surface area contributed by atoms with E-state index in [0.29, 0.717) is 18.7 Å². The second-order valence-electron chi connectivity index (χ2n) is 4.60. The molecule has 0 aliphatic carbocycles. The van der Waals surface area contributed by atoms with E-state index >= 15 is 0 Å². The Kier molecular flexibility index (Phi) is 2.66. The van der Waals surface area contributed by atoms with Gasteiger partial charge in [0.05, 0.1) is 12.6 Å². The Labute approximate surface area is 105 Å². The highest BCUT2D eigenvalue weighted by Crippen LogP contribution is 2.20. The second kappa shape index (κ2) is 4.33. The average molecular weight is 246 g/mol. The maximum Gasteiger partial charge on any atom is 0.407 e. The number of hydrogen-bond donors (Lipinski definition) is 1. The SMILES string of the molecule is O=C1N[C@H]2CCN(C(=O)c3ccccc3)C[C@H]2O1. The molecule has 1 aromatic rings. The molecular formula is C13H14N2O3. The third kappa shape index (κ3) is 1.92. The summed E-state index contributed by atoms with van der Waals surface area (Å²) in [5.41, 5.74) is 0.674. The van der Waals surface area contributed by atoms with Crippen LogP contribution in [0.3, 0.4) is 0 Å². The van der Waals surface area contributed by atoms with Crippen LogP contribution in [-0.2, 0) is 4.74 Å². The molecule has 0 unspecified atom stereocenters. The molecule has 5 nitrogen and oxygen atoms in total. The number of likely N-dealkylation sites (tertiary alicyclic amines) is 1. The summed E-state index contributed by atoms with van der Waals surface area (Å²) in [5.74, 6) is -0.00278. The summed E-state index contributed by atoms with van der Waals surface area (Å²) >= 11 is 0. The number of hydrogen-bond acceptors (Lipinski definition) is 3. The first kappa shape index (κ1) is 11.1. The Morgan fingerprint density at radius 1 is 1.33 bits per heavy atom. The van der Waals surface area contributed by atoms with Crippen molar-refractivity contribution in [2.45, 2.75) is 18.6 Å².